The molecule has 6 nitrogen and oxygen atoms in total. The van der Waals surface area contributed by atoms with Gasteiger partial charge in [0.25, 0.3) is 5.91 Å². The summed E-state index contributed by atoms with van der Waals surface area (Å²) in [6.07, 6.45) is 1.54. The van der Waals surface area contributed by atoms with E-state index >= 15 is 0 Å². The third-order valence-electron chi connectivity index (χ3n) is 4.49. The standard InChI is InChI=1S/C24H23BrN2O4/c1-16-4-6-17(7-5-16)15-31-22-10-8-18(12-23(22)30-3)14-26-27-24(28)20-13-19(25)9-11-21(20)29-2/h4-14H,15H2,1-3H3,(H,27,28). The molecule has 0 aliphatic heterocycles. The number of hydrogen-bond acceptors (Lipinski definition) is 5. The average molecular weight is 483 g/mol. The number of methoxy groups -OCH3 is 2. The molecule has 3 rings (SSSR count). The summed E-state index contributed by atoms with van der Waals surface area (Å²) >= 11 is 3.35. The fourth-order valence-electron chi connectivity index (χ4n) is 2.81. The summed E-state index contributed by atoms with van der Waals surface area (Å²) in [6.45, 7) is 2.49. The van der Waals surface area contributed by atoms with E-state index in [-0.39, 0.29) is 5.91 Å². The molecule has 160 valence electrons. The first-order chi connectivity index (χ1) is 15.0. The number of carbonyl (C=O) groups excluding carboxylic acids is 1. The van der Waals surface area contributed by atoms with Gasteiger partial charge in [0.2, 0.25) is 0 Å². The van der Waals surface area contributed by atoms with Crippen molar-refractivity contribution in [2.24, 2.45) is 5.10 Å². The van der Waals surface area contributed by atoms with E-state index in [1.54, 1.807) is 31.4 Å². The van der Waals surface area contributed by atoms with E-state index < -0.39 is 0 Å². The maximum atomic E-state index is 12.4. The molecule has 7 heteroatoms. The SMILES string of the molecule is COc1cc(C=NNC(=O)c2cc(Br)ccc2OC)ccc1OCc1ccc(C)cc1. The van der Waals surface area contributed by atoms with Crippen LogP contribution in [0.25, 0.3) is 0 Å². The normalized spacial score (nSPS) is 10.7. The lowest BCUT2D eigenvalue weighted by atomic mass is 10.2. The second kappa shape index (κ2) is 10.6. The van der Waals surface area contributed by atoms with Crippen molar-refractivity contribution in [3.63, 3.8) is 0 Å². The minimum absolute atomic E-state index is 0.376. The molecule has 1 amide bonds. The van der Waals surface area contributed by atoms with Crippen molar-refractivity contribution in [1.29, 1.82) is 0 Å². The third kappa shape index (κ3) is 6.08. The Kier molecular flexibility index (Phi) is 7.67. The Morgan fingerprint density at radius 2 is 1.68 bits per heavy atom. The lowest BCUT2D eigenvalue weighted by Gasteiger charge is -2.11. The van der Waals surface area contributed by atoms with Gasteiger partial charge in [0.15, 0.2) is 11.5 Å². The molecule has 0 unspecified atom stereocenters. The Bertz CT molecular complexity index is 1080. The molecule has 1 N–H and O–H groups in total. The van der Waals surface area contributed by atoms with Gasteiger partial charge in [0, 0.05) is 4.47 Å². The van der Waals surface area contributed by atoms with Crippen LogP contribution < -0.4 is 19.6 Å². The Hall–Kier alpha value is -3.32. The lowest BCUT2D eigenvalue weighted by molar-refractivity contribution is 0.0952. The number of nitrogens with zero attached hydrogens (tertiary/aromatic N) is 1. The van der Waals surface area contributed by atoms with E-state index in [9.17, 15) is 4.79 Å². The highest BCUT2D eigenvalue weighted by Crippen LogP contribution is 2.28. The smallest absolute Gasteiger partial charge is 0.275 e. The fourth-order valence-corrected chi connectivity index (χ4v) is 3.17. The van der Waals surface area contributed by atoms with Gasteiger partial charge < -0.3 is 14.2 Å². The molecule has 31 heavy (non-hydrogen) atoms. The van der Waals surface area contributed by atoms with Gasteiger partial charge in [-0.2, -0.15) is 5.10 Å². The van der Waals surface area contributed by atoms with Crippen LogP contribution in [0.4, 0.5) is 0 Å². The highest BCUT2D eigenvalue weighted by Gasteiger charge is 2.12. The summed E-state index contributed by atoms with van der Waals surface area (Å²) in [5.41, 5.74) is 5.92. The predicted molar refractivity (Wildman–Crippen MR) is 124 cm³/mol. The highest BCUT2D eigenvalue weighted by molar-refractivity contribution is 9.10. The average Bonchev–Trinajstić information content (AvgIpc) is 2.79. The van der Waals surface area contributed by atoms with Crippen molar-refractivity contribution in [2.45, 2.75) is 13.5 Å². The van der Waals surface area contributed by atoms with Gasteiger partial charge in [0.1, 0.15) is 12.4 Å². The number of nitrogens with one attached hydrogen (secondary N) is 1. The number of aryl methyl sites for hydroxylation is 1. The van der Waals surface area contributed by atoms with Gasteiger partial charge in [-0.25, -0.2) is 5.43 Å². The summed E-state index contributed by atoms with van der Waals surface area (Å²) in [5.74, 6) is 1.30. The maximum absolute atomic E-state index is 12.4. The summed E-state index contributed by atoms with van der Waals surface area (Å²) < 4.78 is 17.3. The molecule has 0 atom stereocenters. The first-order valence-corrected chi connectivity index (χ1v) is 10.3. The zero-order valence-electron chi connectivity index (χ0n) is 17.5. The van der Waals surface area contributed by atoms with Crippen LogP contribution in [0.3, 0.4) is 0 Å². The Morgan fingerprint density at radius 3 is 2.39 bits per heavy atom. The van der Waals surface area contributed by atoms with Crippen LogP contribution in [-0.2, 0) is 6.61 Å². The van der Waals surface area contributed by atoms with E-state index in [2.05, 4.69) is 26.5 Å². The number of hydrazone groups is 1. The number of hydrogen-bond donors (Lipinski definition) is 1. The van der Waals surface area contributed by atoms with Crippen molar-refractivity contribution in [1.82, 2.24) is 5.43 Å². The van der Waals surface area contributed by atoms with Gasteiger partial charge >= 0.3 is 0 Å². The molecule has 0 aliphatic carbocycles. The largest absolute Gasteiger partial charge is 0.496 e. The number of ether oxygens (including phenoxy) is 3. The summed E-state index contributed by atoms with van der Waals surface area (Å²) in [7, 11) is 3.09. The minimum atomic E-state index is -0.376. The van der Waals surface area contributed by atoms with Gasteiger partial charge in [-0.15, -0.1) is 0 Å². The van der Waals surface area contributed by atoms with Crippen molar-refractivity contribution < 1.29 is 19.0 Å². The summed E-state index contributed by atoms with van der Waals surface area (Å²) in [5, 5.41) is 4.04. The van der Waals surface area contributed by atoms with Crippen LogP contribution in [0.15, 0.2) is 70.2 Å². The molecule has 0 heterocycles. The number of benzene rings is 3. The molecule has 0 aliphatic rings. The van der Waals surface area contributed by atoms with E-state index in [4.69, 9.17) is 14.2 Å². The maximum Gasteiger partial charge on any atom is 0.275 e. The van der Waals surface area contributed by atoms with Crippen molar-refractivity contribution in [3.05, 3.63) is 87.4 Å². The lowest BCUT2D eigenvalue weighted by Crippen LogP contribution is -2.18. The number of rotatable bonds is 8. The van der Waals surface area contributed by atoms with E-state index in [1.165, 1.54) is 18.9 Å². The summed E-state index contributed by atoms with van der Waals surface area (Å²) in [6, 6.07) is 18.8. The highest BCUT2D eigenvalue weighted by atomic mass is 79.9. The number of halogens is 1. The molecule has 0 aromatic heterocycles. The minimum Gasteiger partial charge on any atom is -0.496 e. The molecule has 0 fully saturated rings. The van der Waals surface area contributed by atoms with Gasteiger partial charge in [0.05, 0.1) is 26.0 Å². The van der Waals surface area contributed by atoms with E-state index in [0.717, 1.165) is 15.6 Å². The van der Waals surface area contributed by atoms with Gasteiger partial charge in [-0.05, 0) is 54.4 Å². The Morgan fingerprint density at radius 1 is 0.968 bits per heavy atom. The Balaban J connectivity index is 1.65. The first-order valence-electron chi connectivity index (χ1n) is 9.53. The fraction of sp³-hybridized carbons (Fsp3) is 0.167. The number of amides is 1. The van der Waals surface area contributed by atoms with Crippen LogP contribution in [0, 0.1) is 6.92 Å². The molecule has 3 aromatic rings. The van der Waals surface area contributed by atoms with Crippen LogP contribution in [0.2, 0.25) is 0 Å². The van der Waals surface area contributed by atoms with E-state index in [1.807, 2.05) is 43.3 Å². The first kappa shape index (κ1) is 22.4. The van der Waals surface area contributed by atoms with Gasteiger partial charge in [-0.3, -0.25) is 4.79 Å². The zero-order chi connectivity index (χ0) is 22.2. The van der Waals surface area contributed by atoms with Crippen LogP contribution in [0.5, 0.6) is 17.2 Å². The second-order valence-electron chi connectivity index (χ2n) is 6.73. The molecule has 0 bridgehead atoms. The molecule has 0 saturated carbocycles. The van der Waals surface area contributed by atoms with Crippen LogP contribution in [0.1, 0.15) is 27.0 Å². The second-order valence-corrected chi connectivity index (χ2v) is 7.64. The molecule has 0 radical (unpaired) electrons. The predicted octanol–water partition coefficient (Wildman–Crippen LogP) is 5.12. The van der Waals surface area contributed by atoms with Crippen LogP contribution in [-0.4, -0.2) is 26.3 Å². The molecule has 3 aromatic carbocycles. The molecule has 0 spiro atoms. The van der Waals surface area contributed by atoms with Crippen molar-refractivity contribution in [2.75, 3.05) is 14.2 Å². The van der Waals surface area contributed by atoms with E-state index in [0.29, 0.717) is 29.4 Å². The van der Waals surface area contributed by atoms with Crippen molar-refractivity contribution in [3.8, 4) is 17.2 Å². The number of carbonyl (C=O) groups is 1. The topological polar surface area (TPSA) is 69.2 Å². The van der Waals surface area contributed by atoms with Crippen molar-refractivity contribution >= 4 is 28.1 Å². The molecule has 0 saturated heterocycles. The quantitative estimate of drug-likeness (QED) is 0.357. The zero-order valence-corrected chi connectivity index (χ0v) is 19.1. The van der Waals surface area contributed by atoms with Gasteiger partial charge in [-0.1, -0.05) is 45.8 Å². The third-order valence-corrected chi connectivity index (χ3v) is 4.98. The Labute approximate surface area is 190 Å². The summed E-state index contributed by atoms with van der Waals surface area (Å²) in [4.78, 5) is 12.4. The molecular weight excluding hydrogens is 460 g/mol. The van der Waals surface area contributed by atoms with Crippen LogP contribution >= 0.6 is 15.9 Å². The molecular formula is C24H23BrN2O4. The monoisotopic (exact) mass is 482 g/mol.